The molecule has 0 radical (unpaired) electrons. The van der Waals surface area contributed by atoms with Crippen LogP contribution in [0.15, 0.2) is 24.3 Å². The number of nitrogens with zero attached hydrogens (tertiary/aromatic N) is 1. The summed E-state index contributed by atoms with van der Waals surface area (Å²) in [6, 6.07) is 7.34. The standard InChI is InChI=1S/C13H17ClN2O/c1-16-8-6-10(7-9-16)13(17)15-12-5-3-2-4-11(12)14/h2-5,10H,6-9H2,1H3,(H,15,17). The van der Waals surface area contributed by atoms with Gasteiger partial charge in [-0.15, -0.1) is 0 Å². The number of para-hydroxylation sites is 1. The minimum atomic E-state index is 0.0891. The summed E-state index contributed by atoms with van der Waals surface area (Å²) in [6.45, 7) is 1.97. The number of nitrogens with one attached hydrogen (secondary N) is 1. The Kier molecular flexibility index (Phi) is 4.02. The molecule has 0 aliphatic carbocycles. The van der Waals surface area contributed by atoms with Crippen LogP contribution in [0.3, 0.4) is 0 Å². The Morgan fingerprint density at radius 2 is 2.00 bits per heavy atom. The fourth-order valence-electron chi connectivity index (χ4n) is 2.07. The molecule has 92 valence electrons. The topological polar surface area (TPSA) is 32.3 Å². The van der Waals surface area contributed by atoms with Crippen molar-refractivity contribution in [3.8, 4) is 0 Å². The van der Waals surface area contributed by atoms with E-state index in [0.29, 0.717) is 10.7 Å². The Labute approximate surface area is 107 Å². The van der Waals surface area contributed by atoms with Crippen LogP contribution in [0, 0.1) is 5.92 Å². The van der Waals surface area contributed by atoms with Crippen molar-refractivity contribution in [3.05, 3.63) is 29.3 Å². The molecular formula is C13H17ClN2O. The molecule has 0 saturated carbocycles. The van der Waals surface area contributed by atoms with Gasteiger partial charge in [0, 0.05) is 5.92 Å². The molecular weight excluding hydrogens is 236 g/mol. The lowest BCUT2D eigenvalue weighted by Crippen LogP contribution is -2.35. The summed E-state index contributed by atoms with van der Waals surface area (Å²) in [4.78, 5) is 14.3. The molecule has 3 nitrogen and oxygen atoms in total. The highest BCUT2D eigenvalue weighted by atomic mass is 35.5. The average Bonchev–Trinajstić information content (AvgIpc) is 2.33. The second-order valence-corrected chi connectivity index (χ2v) is 4.95. The third-order valence-corrected chi connectivity index (χ3v) is 3.55. The molecule has 1 N–H and O–H groups in total. The highest BCUT2D eigenvalue weighted by molar-refractivity contribution is 6.33. The van der Waals surface area contributed by atoms with Crippen molar-refractivity contribution in [2.75, 3.05) is 25.5 Å². The molecule has 17 heavy (non-hydrogen) atoms. The zero-order valence-electron chi connectivity index (χ0n) is 9.95. The van der Waals surface area contributed by atoms with Gasteiger partial charge >= 0.3 is 0 Å². The van der Waals surface area contributed by atoms with Gasteiger partial charge in [0.25, 0.3) is 0 Å². The molecule has 2 rings (SSSR count). The number of anilines is 1. The van der Waals surface area contributed by atoms with Gasteiger partial charge in [-0.05, 0) is 45.1 Å². The predicted octanol–water partition coefficient (Wildman–Crippen LogP) is 2.62. The van der Waals surface area contributed by atoms with Crippen LogP contribution in [0.4, 0.5) is 5.69 Å². The van der Waals surface area contributed by atoms with Crippen LogP contribution in [-0.4, -0.2) is 30.9 Å². The fraction of sp³-hybridized carbons (Fsp3) is 0.462. The third-order valence-electron chi connectivity index (χ3n) is 3.22. The van der Waals surface area contributed by atoms with Gasteiger partial charge in [0.2, 0.25) is 5.91 Å². The number of hydrogen-bond acceptors (Lipinski definition) is 2. The van der Waals surface area contributed by atoms with Crippen molar-refractivity contribution in [2.24, 2.45) is 5.92 Å². The Bertz CT molecular complexity index is 400. The van der Waals surface area contributed by atoms with E-state index in [1.165, 1.54) is 0 Å². The normalized spacial score (nSPS) is 18.0. The van der Waals surface area contributed by atoms with Gasteiger partial charge in [0.05, 0.1) is 10.7 Å². The second-order valence-electron chi connectivity index (χ2n) is 4.55. The molecule has 0 bridgehead atoms. The molecule has 1 aliphatic rings. The quantitative estimate of drug-likeness (QED) is 0.878. The van der Waals surface area contributed by atoms with Crippen molar-refractivity contribution < 1.29 is 4.79 Å². The van der Waals surface area contributed by atoms with E-state index in [2.05, 4.69) is 17.3 Å². The molecule has 0 spiro atoms. The summed E-state index contributed by atoms with van der Waals surface area (Å²) >= 11 is 6.01. The van der Waals surface area contributed by atoms with Gasteiger partial charge in [0.15, 0.2) is 0 Å². The first kappa shape index (κ1) is 12.4. The summed E-state index contributed by atoms with van der Waals surface area (Å²) in [7, 11) is 2.09. The Morgan fingerprint density at radius 1 is 1.35 bits per heavy atom. The molecule has 1 fully saturated rings. The van der Waals surface area contributed by atoms with Gasteiger partial charge < -0.3 is 10.2 Å². The Morgan fingerprint density at radius 3 is 2.65 bits per heavy atom. The van der Waals surface area contributed by atoms with E-state index in [1.54, 1.807) is 6.07 Å². The van der Waals surface area contributed by atoms with Crippen molar-refractivity contribution in [1.82, 2.24) is 4.90 Å². The summed E-state index contributed by atoms with van der Waals surface area (Å²) in [5.41, 5.74) is 0.707. The number of rotatable bonds is 2. The first-order valence-electron chi connectivity index (χ1n) is 5.91. The molecule has 0 aromatic heterocycles. The van der Waals surface area contributed by atoms with E-state index < -0.39 is 0 Å². The summed E-state index contributed by atoms with van der Waals surface area (Å²) in [5.74, 6) is 0.202. The van der Waals surface area contributed by atoms with Crippen LogP contribution >= 0.6 is 11.6 Å². The number of carbonyl (C=O) groups excluding carboxylic acids is 1. The third kappa shape index (κ3) is 3.20. The molecule has 0 atom stereocenters. The van der Waals surface area contributed by atoms with Gasteiger partial charge in [-0.2, -0.15) is 0 Å². The highest BCUT2D eigenvalue weighted by Crippen LogP contribution is 2.23. The second kappa shape index (κ2) is 5.52. The zero-order chi connectivity index (χ0) is 12.3. The van der Waals surface area contributed by atoms with Crippen molar-refractivity contribution in [3.63, 3.8) is 0 Å². The maximum Gasteiger partial charge on any atom is 0.227 e. The molecule has 1 aromatic rings. The van der Waals surface area contributed by atoms with E-state index in [-0.39, 0.29) is 11.8 Å². The molecule has 0 unspecified atom stereocenters. The maximum absolute atomic E-state index is 12.0. The summed E-state index contributed by atoms with van der Waals surface area (Å²) < 4.78 is 0. The number of amides is 1. The summed E-state index contributed by atoms with van der Waals surface area (Å²) in [6.07, 6.45) is 1.85. The molecule has 1 aliphatic heterocycles. The number of hydrogen-bond donors (Lipinski definition) is 1. The smallest absolute Gasteiger partial charge is 0.227 e. The van der Waals surface area contributed by atoms with Gasteiger partial charge in [-0.1, -0.05) is 23.7 Å². The molecule has 1 saturated heterocycles. The number of likely N-dealkylation sites (tertiary alicyclic amines) is 1. The lowest BCUT2D eigenvalue weighted by molar-refractivity contribution is -0.121. The minimum absolute atomic E-state index is 0.0891. The van der Waals surface area contributed by atoms with E-state index >= 15 is 0 Å². The van der Waals surface area contributed by atoms with Gasteiger partial charge in [0.1, 0.15) is 0 Å². The maximum atomic E-state index is 12.0. The lowest BCUT2D eigenvalue weighted by Gasteiger charge is -2.28. The zero-order valence-corrected chi connectivity index (χ0v) is 10.7. The lowest BCUT2D eigenvalue weighted by atomic mass is 9.96. The Balaban J connectivity index is 1.95. The van der Waals surface area contributed by atoms with Crippen molar-refractivity contribution in [2.45, 2.75) is 12.8 Å². The van der Waals surface area contributed by atoms with Crippen LogP contribution in [0.2, 0.25) is 5.02 Å². The SMILES string of the molecule is CN1CCC(C(=O)Nc2ccccc2Cl)CC1. The minimum Gasteiger partial charge on any atom is -0.325 e. The van der Waals surface area contributed by atoms with Crippen LogP contribution in [0.25, 0.3) is 0 Å². The fourth-order valence-corrected chi connectivity index (χ4v) is 2.25. The predicted molar refractivity (Wildman–Crippen MR) is 70.3 cm³/mol. The van der Waals surface area contributed by atoms with Crippen LogP contribution in [-0.2, 0) is 4.79 Å². The van der Waals surface area contributed by atoms with Crippen LogP contribution < -0.4 is 5.32 Å². The average molecular weight is 253 g/mol. The first-order valence-corrected chi connectivity index (χ1v) is 6.28. The molecule has 4 heteroatoms. The monoisotopic (exact) mass is 252 g/mol. The van der Waals surface area contributed by atoms with Crippen LogP contribution in [0.1, 0.15) is 12.8 Å². The van der Waals surface area contributed by atoms with E-state index in [4.69, 9.17) is 11.6 Å². The van der Waals surface area contributed by atoms with E-state index in [9.17, 15) is 4.79 Å². The van der Waals surface area contributed by atoms with Gasteiger partial charge in [-0.25, -0.2) is 0 Å². The number of halogens is 1. The summed E-state index contributed by atoms with van der Waals surface area (Å²) in [5, 5.41) is 3.50. The first-order chi connectivity index (χ1) is 8.16. The molecule has 1 amide bonds. The number of benzene rings is 1. The number of carbonyl (C=O) groups is 1. The van der Waals surface area contributed by atoms with Gasteiger partial charge in [-0.3, -0.25) is 4.79 Å². The highest BCUT2D eigenvalue weighted by Gasteiger charge is 2.23. The molecule has 1 aromatic carbocycles. The molecule has 1 heterocycles. The van der Waals surface area contributed by atoms with Crippen LogP contribution in [0.5, 0.6) is 0 Å². The largest absolute Gasteiger partial charge is 0.325 e. The van der Waals surface area contributed by atoms with Crippen molar-refractivity contribution >= 4 is 23.2 Å². The van der Waals surface area contributed by atoms with Crippen molar-refractivity contribution in [1.29, 1.82) is 0 Å². The number of piperidine rings is 1. The van der Waals surface area contributed by atoms with E-state index in [0.717, 1.165) is 25.9 Å². The Hall–Kier alpha value is -1.06. The van der Waals surface area contributed by atoms with E-state index in [1.807, 2.05) is 18.2 Å².